The molecule has 0 saturated carbocycles. The number of non-ortho nitro benzene ring substituents is 1. The van der Waals surface area contributed by atoms with Crippen LogP contribution in [0, 0.1) is 10.1 Å². The highest BCUT2D eigenvalue weighted by Gasteiger charge is 2.37. The molecule has 0 amide bonds. The van der Waals surface area contributed by atoms with Crippen molar-refractivity contribution in [1.29, 1.82) is 0 Å². The maximum absolute atomic E-state index is 13.4. The number of fused-ring (bicyclic) bond motifs is 1. The molecular formula is C24H18N4O3. The van der Waals surface area contributed by atoms with E-state index in [1.54, 1.807) is 22.9 Å². The van der Waals surface area contributed by atoms with Gasteiger partial charge in [-0.25, -0.2) is 4.68 Å². The summed E-state index contributed by atoms with van der Waals surface area (Å²) in [7, 11) is 0. The quantitative estimate of drug-likeness (QED) is 0.359. The molecule has 1 aliphatic rings. The van der Waals surface area contributed by atoms with E-state index in [1.165, 1.54) is 6.07 Å². The van der Waals surface area contributed by atoms with Gasteiger partial charge < -0.3 is 0 Å². The van der Waals surface area contributed by atoms with Crippen molar-refractivity contribution in [2.75, 3.05) is 0 Å². The smallest absolute Gasteiger partial charge is 0.269 e. The van der Waals surface area contributed by atoms with E-state index in [0.717, 1.165) is 22.2 Å². The molecule has 1 aromatic heterocycles. The molecular weight excluding hydrogens is 392 g/mol. The van der Waals surface area contributed by atoms with Crippen molar-refractivity contribution in [2.45, 2.75) is 18.4 Å². The Hall–Kier alpha value is -4.13. The Kier molecular flexibility index (Phi) is 4.63. The fourth-order valence-electron chi connectivity index (χ4n) is 4.27. The Labute approximate surface area is 177 Å². The lowest BCUT2D eigenvalue weighted by molar-refractivity contribution is -0.384. The average Bonchev–Trinajstić information content (AvgIpc) is 3.23. The molecule has 0 radical (unpaired) electrons. The third-order valence-electron chi connectivity index (χ3n) is 5.72. The van der Waals surface area contributed by atoms with Gasteiger partial charge in [0.2, 0.25) is 0 Å². The summed E-state index contributed by atoms with van der Waals surface area (Å²) in [6.45, 7) is 0. The number of rotatable bonds is 4. The molecule has 3 aromatic carbocycles. The van der Waals surface area contributed by atoms with Crippen molar-refractivity contribution in [3.8, 4) is 0 Å². The minimum atomic E-state index is -0.637. The van der Waals surface area contributed by atoms with E-state index in [-0.39, 0.29) is 17.4 Å². The lowest BCUT2D eigenvalue weighted by Gasteiger charge is -2.31. The van der Waals surface area contributed by atoms with Gasteiger partial charge in [-0.2, -0.15) is 0 Å². The van der Waals surface area contributed by atoms with Gasteiger partial charge in [0, 0.05) is 18.1 Å². The average molecular weight is 410 g/mol. The molecule has 0 bridgehead atoms. The third kappa shape index (κ3) is 3.40. The first-order valence-electron chi connectivity index (χ1n) is 9.96. The number of aromatic nitrogens is 3. The van der Waals surface area contributed by atoms with Crippen LogP contribution in [0.25, 0.3) is 16.6 Å². The molecule has 31 heavy (non-hydrogen) atoms. The van der Waals surface area contributed by atoms with Crippen LogP contribution in [0.4, 0.5) is 5.69 Å². The Bertz CT molecular complexity index is 1330. The summed E-state index contributed by atoms with van der Waals surface area (Å²) in [6, 6.07) is 23.1. The van der Waals surface area contributed by atoms with Gasteiger partial charge in [0.05, 0.1) is 10.4 Å². The zero-order valence-corrected chi connectivity index (χ0v) is 16.5. The first-order valence-corrected chi connectivity index (χ1v) is 9.96. The molecule has 2 atom stereocenters. The Morgan fingerprint density at radius 2 is 1.74 bits per heavy atom. The lowest BCUT2D eigenvalue weighted by atomic mass is 9.77. The van der Waals surface area contributed by atoms with Crippen LogP contribution >= 0.6 is 0 Å². The SMILES string of the molecule is O=C1C=C(c2ccccc2)C[C@@H](c2cccc([N+](=O)[O-])c2)[C@H]1n1nnc2ccccc21. The van der Waals surface area contributed by atoms with Gasteiger partial charge in [0.25, 0.3) is 5.69 Å². The molecule has 0 spiro atoms. The molecule has 7 nitrogen and oxygen atoms in total. The van der Waals surface area contributed by atoms with Crippen LogP contribution in [-0.4, -0.2) is 25.7 Å². The number of carbonyl (C=O) groups is 1. The number of hydrogen-bond donors (Lipinski definition) is 0. The normalized spacial score (nSPS) is 18.7. The molecule has 0 unspecified atom stereocenters. The largest absolute Gasteiger partial charge is 0.292 e. The van der Waals surface area contributed by atoms with Crippen LogP contribution in [0.15, 0.2) is 84.9 Å². The summed E-state index contributed by atoms with van der Waals surface area (Å²) in [6.07, 6.45) is 2.22. The number of carbonyl (C=O) groups excluding carboxylic acids is 1. The van der Waals surface area contributed by atoms with Crippen molar-refractivity contribution in [2.24, 2.45) is 0 Å². The predicted octanol–water partition coefficient (Wildman–Crippen LogP) is 4.72. The van der Waals surface area contributed by atoms with E-state index in [4.69, 9.17) is 0 Å². The Morgan fingerprint density at radius 3 is 2.55 bits per heavy atom. The summed E-state index contributed by atoms with van der Waals surface area (Å²) in [4.78, 5) is 24.4. The van der Waals surface area contributed by atoms with Crippen molar-refractivity contribution < 1.29 is 9.72 Å². The highest BCUT2D eigenvalue weighted by atomic mass is 16.6. The van der Waals surface area contributed by atoms with Gasteiger partial charge in [-0.05, 0) is 41.3 Å². The number of hydrogen-bond acceptors (Lipinski definition) is 5. The van der Waals surface area contributed by atoms with Gasteiger partial charge in [-0.15, -0.1) is 5.10 Å². The van der Waals surface area contributed by atoms with E-state index >= 15 is 0 Å². The first kappa shape index (κ1) is 18.9. The number of para-hydroxylation sites is 1. The molecule has 1 heterocycles. The maximum atomic E-state index is 13.4. The second-order valence-electron chi connectivity index (χ2n) is 7.57. The topological polar surface area (TPSA) is 90.9 Å². The highest BCUT2D eigenvalue weighted by Crippen LogP contribution is 2.43. The van der Waals surface area contributed by atoms with Gasteiger partial charge in [-0.1, -0.05) is 59.8 Å². The molecule has 152 valence electrons. The molecule has 0 fully saturated rings. The van der Waals surface area contributed by atoms with Gasteiger partial charge in [0.15, 0.2) is 5.78 Å². The minimum Gasteiger partial charge on any atom is -0.292 e. The Morgan fingerprint density at radius 1 is 0.968 bits per heavy atom. The molecule has 7 heteroatoms. The molecule has 1 aliphatic carbocycles. The second-order valence-corrected chi connectivity index (χ2v) is 7.57. The predicted molar refractivity (Wildman–Crippen MR) is 116 cm³/mol. The number of nitro benzene ring substituents is 1. The van der Waals surface area contributed by atoms with Crippen LogP contribution in [0.5, 0.6) is 0 Å². The van der Waals surface area contributed by atoms with Crippen LogP contribution < -0.4 is 0 Å². The van der Waals surface area contributed by atoms with Gasteiger partial charge in [-0.3, -0.25) is 14.9 Å². The number of allylic oxidation sites excluding steroid dienone is 2. The molecule has 4 aromatic rings. The minimum absolute atomic E-state index is 0.00274. The van der Waals surface area contributed by atoms with Crippen LogP contribution in [0.3, 0.4) is 0 Å². The lowest BCUT2D eigenvalue weighted by Crippen LogP contribution is -2.29. The number of nitro groups is 1. The van der Waals surface area contributed by atoms with Gasteiger partial charge in [0.1, 0.15) is 11.6 Å². The summed E-state index contributed by atoms with van der Waals surface area (Å²) >= 11 is 0. The zero-order valence-electron chi connectivity index (χ0n) is 16.5. The number of ketones is 1. The summed E-state index contributed by atoms with van der Waals surface area (Å²) < 4.78 is 1.65. The van der Waals surface area contributed by atoms with Crippen molar-refractivity contribution in [3.05, 3.63) is 106 Å². The third-order valence-corrected chi connectivity index (χ3v) is 5.72. The first-order chi connectivity index (χ1) is 15.1. The van der Waals surface area contributed by atoms with Crippen molar-refractivity contribution >= 4 is 28.1 Å². The molecule has 5 rings (SSSR count). The van der Waals surface area contributed by atoms with Crippen LogP contribution in [0.2, 0.25) is 0 Å². The highest BCUT2D eigenvalue weighted by molar-refractivity contribution is 6.02. The second kappa shape index (κ2) is 7.60. The van der Waals surface area contributed by atoms with E-state index in [0.29, 0.717) is 11.9 Å². The van der Waals surface area contributed by atoms with Crippen LogP contribution in [0.1, 0.15) is 29.5 Å². The summed E-state index contributed by atoms with van der Waals surface area (Å²) in [5.74, 6) is -0.421. The standard InChI is InChI=1S/C24H18N4O3/c29-23-15-18(16-7-2-1-3-8-16)14-20(17-9-6-10-19(13-17)28(30)31)24(23)27-22-12-5-4-11-21(22)25-26-27/h1-13,15,20,24H,14H2/t20-,24+/m0/s1. The summed E-state index contributed by atoms with van der Waals surface area (Å²) in [5.41, 5.74) is 4.06. The van der Waals surface area contributed by atoms with Crippen molar-refractivity contribution in [3.63, 3.8) is 0 Å². The van der Waals surface area contributed by atoms with E-state index in [1.807, 2.05) is 60.7 Å². The van der Waals surface area contributed by atoms with Gasteiger partial charge >= 0.3 is 0 Å². The monoisotopic (exact) mass is 410 g/mol. The van der Waals surface area contributed by atoms with E-state index in [2.05, 4.69) is 10.3 Å². The Balaban J connectivity index is 1.67. The zero-order chi connectivity index (χ0) is 21.4. The molecule has 0 saturated heterocycles. The fourth-order valence-corrected chi connectivity index (χ4v) is 4.27. The number of nitrogens with zero attached hydrogens (tertiary/aromatic N) is 4. The van der Waals surface area contributed by atoms with E-state index < -0.39 is 11.0 Å². The van der Waals surface area contributed by atoms with E-state index in [9.17, 15) is 14.9 Å². The molecule has 0 N–H and O–H groups in total. The molecule has 0 aliphatic heterocycles. The maximum Gasteiger partial charge on any atom is 0.269 e. The fraction of sp³-hybridized carbons (Fsp3) is 0.125. The van der Waals surface area contributed by atoms with Crippen molar-refractivity contribution in [1.82, 2.24) is 15.0 Å². The number of benzene rings is 3. The summed E-state index contributed by atoms with van der Waals surface area (Å²) in [5, 5.41) is 19.9. The van der Waals surface area contributed by atoms with Crippen LogP contribution in [-0.2, 0) is 4.79 Å².